The average Bonchev–Trinajstić information content (AvgIpc) is 2.25. The summed E-state index contributed by atoms with van der Waals surface area (Å²) in [4.78, 5) is -2.31. The summed E-state index contributed by atoms with van der Waals surface area (Å²) in [5, 5.41) is 0.00472. The second kappa shape index (κ2) is 5.73. The molecule has 9 heteroatoms. The minimum absolute atomic E-state index is 0.00472. The molecule has 1 rings (SSSR count). The topological polar surface area (TPSA) is 9.23 Å². The summed E-state index contributed by atoms with van der Waals surface area (Å²) in [6, 6.07) is 2.32. The molecule has 0 radical (unpaired) electrons. The summed E-state index contributed by atoms with van der Waals surface area (Å²) in [6.45, 7) is 0. The van der Waals surface area contributed by atoms with Crippen LogP contribution >= 0.6 is 43.5 Å². The first-order chi connectivity index (χ1) is 8.52. The maximum Gasteiger partial charge on any atom is 0.454 e. The van der Waals surface area contributed by atoms with Gasteiger partial charge in [-0.2, -0.15) is 22.0 Å². The fourth-order valence-electron chi connectivity index (χ4n) is 1.32. The van der Waals surface area contributed by atoms with E-state index < -0.39 is 22.5 Å². The second-order valence-corrected chi connectivity index (χ2v) is 5.70. The number of alkyl halides is 6. The molecule has 0 fully saturated rings. The molecule has 0 amide bonds. The van der Waals surface area contributed by atoms with Crippen molar-refractivity contribution in [2.45, 2.75) is 16.9 Å². The van der Waals surface area contributed by atoms with Gasteiger partial charge in [0.2, 0.25) is 0 Å². The Labute approximate surface area is 127 Å². The van der Waals surface area contributed by atoms with Gasteiger partial charge in [-0.1, -0.05) is 27.5 Å². The molecular weight excluding hydrogens is 426 g/mol. The summed E-state index contributed by atoms with van der Waals surface area (Å²) in [6.07, 6.45) is -5.69. The second-order valence-electron chi connectivity index (χ2n) is 3.49. The first-order valence-electron chi connectivity index (χ1n) is 4.64. The Kier molecular flexibility index (Phi) is 5.12. The third kappa shape index (κ3) is 3.33. The van der Waals surface area contributed by atoms with Gasteiger partial charge < -0.3 is 4.74 Å². The van der Waals surface area contributed by atoms with Crippen molar-refractivity contribution in [2.24, 2.45) is 0 Å². The van der Waals surface area contributed by atoms with Crippen LogP contribution in [0, 0.1) is 0 Å². The minimum atomic E-state index is -5.69. The van der Waals surface area contributed by atoms with Gasteiger partial charge in [0.15, 0.2) is 0 Å². The lowest BCUT2D eigenvalue weighted by Gasteiger charge is -2.26. The Balaban J connectivity index is 3.38. The van der Waals surface area contributed by atoms with Crippen molar-refractivity contribution in [3.63, 3.8) is 0 Å². The summed E-state index contributed by atoms with van der Waals surface area (Å²) in [5.74, 6) is -5.11. The standard InChI is InChI=1S/C10H6Br2ClF5O/c1-19-7-5(2-4(13)3-6(7)11)8(12)9(14,15)10(16,17)18/h2-3,8H,1H3. The van der Waals surface area contributed by atoms with Crippen LogP contribution in [0.15, 0.2) is 16.6 Å². The summed E-state index contributed by atoms with van der Waals surface area (Å²) < 4.78 is 68.6. The van der Waals surface area contributed by atoms with E-state index in [1.165, 1.54) is 6.07 Å². The number of rotatable bonds is 3. The first-order valence-corrected chi connectivity index (χ1v) is 6.72. The van der Waals surface area contributed by atoms with Crippen molar-refractivity contribution in [2.75, 3.05) is 7.11 Å². The third-order valence-electron chi connectivity index (χ3n) is 2.21. The van der Waals surface area contributed by atoms with Gasteiger partial charge in [0, 0.05) is 10.6 Å². The number of benzene rings is 1. The molecule has 0 aromatic heterocycles. The van der Waals surface area contributed by atoms with Crippen molar-refractivity contribution in [3.05, 3.63) is 27.2 Å². The average molecular weight is 432 g/mol. The van der Waals surface area contributed by atoms with E-state index in [-0.39, 0.29) is 15.2 Å². The van der Waals surface area contributed by atoms with Gasteiger partial charge in [0.25, 0.3) is 0 Å². The Morgan fingerprint density at radius 2 is 1.74 bits per heavy atom. The zero-order chi connectivity index (χ0) is 15.0. The SMILES string of the molecule is COc1c(Br)cc(Cl)cc1C(Br)C(F)(F)C(F)(F)F. The van der Waals surface area contributed by atoms with Crippen molar-refractivity contribution < 1.29 is 26.7 Å². The fraction of sp³-hybridized carbons (Fsp3) is 0.400. The Hall–Kier alpha value is -0.0800. The highest BCUT2D eigenvalue weighted by Gasteiger charge is 2.62. The first kappa shape index (κ1) is 17.0. The van der Waals surface area contributed by atoms with Gasteiger partial charge in [-0.15, -0.1) is 0 Å². The molecule has 0 saturated heterocycles. The quantitative estimate of drug-likeness (QED) is 0.437. The van der Waals surface area contributed by atoms with Crippen LogP contribution in [0.1, 0.15) is 10.4 Å². The van der Waals surface area contributed by atoms with E-state index in [4.69, 9.17) is 16.3 Å². The predicted molar refractivity (Wildman–Crippen MR) is 68.4 cm³/mol. The summed E-state index contributed by atoms with van der Waals surface area (Å²) in [7, 11) is 1.16. The highest BCUT2D eigenvalue weighted by atomic mass is 79.9. The lowest BCUT2D eigenvalue weighted by atomic mass is 10.1. The number of ether oxygens (including phenoxy) is 1. The normalized spacial score (nSPS) is 14.4. The zero-order valence-corrected chi connectivity index (χ0v) is 13.1. The summed E-state index contributed by atoms with van der Waals surface area (Å²) in [5.41, 5.74) is -0.399. The van der Waals surface area contributed by atoms with Gasteiger partial charge in [0.1, 0.15) is 10.6 Å². The molecule has 1 nitrogen and oxygen atoms in total. The van der Waals surface area contributed by atoms with Crippen LogP contribution in [0.4, 0.5) is 22.0 Å². The van der Waals surface area contributed by atoms with Gasteiger partial charge in [-0.25, -0.2) is 0 Å². The van der Waals surface area contributed by atoms with Gasteiger partial charge in [0.05, 0.1) is 11.6 Å². The van der Waals surface area contributed by atoms with Gasteiger partial charge in [-0.3, -0.25) is 0 Å². The molecular formula is C10H6Br2ClF5O. The van der Waals surface area contributed by atoms with Crippen LogP contribution in [-0.4, -0.2) is 19.2 Å². The Morgan fingerprint density at radius 3 is 2.16 bits per heavy atom. The van der Waals surface area contributed by atoms with Gasteiger partial charge >= 0.3 is 12.1 Å². The molecule has 0 heterocycles. The van der Waals surface area contributed by atoms with E-state index in [9.17, 15) is 22.0 Å². The van der Waals surface area contributed by atoms with Crippen LogP contribution in [0.3, 0.4) is 0 Å². The number of hydrogen-bond donors (Lipinski definition) is 0. The molecule has 0 saturated carbocycles. The molecule has 1 aromatic carbocycles. The number of hydrogen-bond acceptors (Lipinski definition) is 1. The van der Waals surface area contributed by atoms with E-state index in [0.717, 1.165) is 13.2 Å². The molecule has 0 spiro atoms. The maximum atomic E-state index is 13.3. The molecule has 1 aromatic rings. The smallest absolute Gasteiger partial charge is 0.454 e. The predicted octanol–water partition coefficient (Wildman–Crippen LogP) is 5.74. The van der Waals surface area contributed by atoms with Crippen molar-refractivity contribution in [1.29, 1.82) is 0 Å². The van der Waals surface area contributed by atoms with Crippen LogP contribution in [0.25, 0.3) is 0 Å². The van der Waals surface area contributed by atoms with Crippen molar-refractivity contribution in [1.82, 2.24) is 0 Å². The monoisotopic (exact) mass is 430 g/mol. The Bertz CT molecular complexity index is 478. The molecule has 108 valence electrons. The van der Waals surface area contributed by atoms with E-state index >= 15 is 0 Å². The molecule has 0 aliphatic carbocycles. The molecule has 19 heavy (non-hydrogen) atoms. The van der Waals surface area contributed by atoms with E-state index in [1.54, 1.807) is 0 Å². The van der Waals surface area contributed by atoms with Crippen LogP contribution in [0.5, 0.6) is 5.75 Å². The van der Waals surface area contributed by atoms with E-state index in [0.29, 0.717) is 0 Å². The largest absolute Gasteiger partial charge is 0.495 e. The lowest BCUT2D eigenvalue weighted by molar-refractivity contribution is -0.281. The van der Waals surface area contributed by atoms with Crippen LogP contribution < -0.4 is 4.74 Å². The highest BCUT2D eigenvalue weighted by molar-refractivity contribution is 9.10. The highest BCUT2D eigenvalue weighted by Crippen LogP contribution is 2.52. The molecule has 1 atom stereocenters. The molecule has 0 bridgehead atoms. The Morgan fingerprint density at radius 1 is 1.21 bits per heavy atom. The lowest BCUT2D eigenvalue weighted by Crippen LogP contribution is -2.40. The molecule has 0 N–H and O–H groups in total. The van der Waals surface area contributed by atoms with E-state index in [2.05, 4.69) is 31.9 Å². The molecule has 0 aliphatic rings. The molecule has 0 aliphatic heterocycles. The summed E-state index contributed by atoms with van der Waals surface area (Å²) >= 11 is 11.0. The molecule has 1 unspecified atom stereocenters. The third-order valence-corrected chi connectivity index (χ3v) is 4.09. The fourth-order valence-corrected chi connectivity index (χ4v) is 2.92. The van der Waals surface area contributed by atoms with Gasteiger partial charge in [-0.05, 0) is 28.1 Å². The van der Waals surface area contributed by atoms with Crippen molar-refractivity contribution in [3.8, 4) is 5.75 Å². The number of methoxy groups -OCH3 is 1. The van der Waals surface area contributed by atoms with Crippen LogP contribution in [-0.2, 0) is 0 Å². The zero-order valence-electron chi connectivity index (χ0n) is 9.16. The van der Waals surface area contributed by atoms with Crippen LogP contribution in [0.2, 0.25) is 5.02 Å². The maximum absolute atomic E-state index is 13.3. The van der Waals surface area contributed by atoms with Crippen molar-refractivity contribution >= 4 is 43.5 Å². The number of halogens is 8. The minimum Gasteiger partial charge on any atom is -0.495 e. The van der Waals surface area contributed by atoms with E-state index in [1.807, 2.05) is 0 Å².